The molecule has 1 aliphatic carbocycles. The summed E-state index contributed by atoms with van der Waals surface area (Å²) in [4.78, 5) is 45.9. The maximum absolute atomic E-state index is 13.9. The number of allylic oxidation sites excluding steroid dienone is 1. The second-order valence-corrected chi connectivity index (χ2v) is 12.2. The summed E-state index contributed by atoms with van der Waals surface area (Å²) in [6.45, 7) is 7.91. The van der Waals surface area contributed by atoms with Gasteiger partial charge in [0, 0.05) is 18.3 Å². The first-order chi connectivity index (χ1) is 20.7. The van der Waals surface area contributed by atoms with E-state index < -0.39 is 42.0 Å². The highest BCUT2D eigenvalue weighted by Crippen LogP contribution is 2.30. The molecular formula is C33H49N5O5. The maximum atomic E-state index is 13.9. The number of aromatic amines is 1. The Hall–Kier alpha value is -3.66. The van der Waals surface area contributed by atoms with Crippen LogP contribution >= 0.6 is 0 Å². The number of aromatic nitrogens is 2. The smallest absolute Gasteiger partial charge is 0.404 e. The Balaban J connectivity index is 1.80. The van der Waals surface area contributed by atoms with Gasteiger partial charge in [-0.2, -0.15) is 0 Å². The molecule has 5 atom stereocenters. The summed E-state index contributed by atoms with van der Waals surface area (Å²) in [5, 5.41) is 17.4. The van der Waals surface area contributed by atoms with Gasteiger partial charge in [0.2, 0.25) is 11.8 Å². The highest BCUT2D eigenvalue weighted by atomic mass is 16.5. The van der Waals surface area contributed by atoms with Crippen LogP contribution in [0.2, 0.25) is 0 Å². The zero-order chi connectivity index (χ0) is 31.2. The molecule has 0 spiro atoms. The Kier molecular flexibility index (Phi) is 13.7. The summed E-state index contributed by atoms with van der Waals surface area (Å²) in [6, 6.07) is 7.93. The van der Waals surface area contributed by atoms with Crippen molar-refractivity contribution >= 4 is 17.9 Å². The van der Waals surface area contributed by atoms with Crippen LogP contribution in [-0.2, 0) is 27.2 Å². The van der Waals surface area contributed by atoms with Crippen molar-refractivity contribution in [3.8, 4) is 0 Å². The average Bonchev–Trinajstić information content (AvgIpc) is 3.51. The van der Waals surface area contributed by atoms with E-state index in [1.165, 1.54) is 12.7 Å². The zero-order valence-electron chi connectivity index (χ0n) is 25.5. The van der Waals surface area contributed by atoms with Gasteiger partial charge in [-0.15, -0.1) is 6.58 Å². The number of ether oxygens (including phenoxy) is 1. The molecule has 2 aromatic rings. The van der Waals surface area contributed by atoms with E-state index in [-0.39, 0.29) is 18.9 Å². The molecule has 1 aromatic heterocycles. The van der Waals surface area contributed by atoms with Gasteiger partial charge in [0.15, 0.2) is 0 Å². The number of aliphatic hydroxyl groups is 1. The SMILES string of the molecule is C=C[C@@H](C[C@@H](O)[C@H](CC1CCCCC1)NC(=O)[C@H](Cc1cnc[nH]1)NC(=O)[C@H](COC(N)=O)Cc1ccccc1)C(C)C. The van der Waals surface area contributed by atoms with E-state index in [9.17, 15) is 19.5 Å². The molecule has 1 fully saturated rings. The van der Waals surface area contributed by atoms with E-state index in [1.54, 1.807) is 6.20 Å². The molecule has 0 radical (unpaired) electrons. The molecule has 1 aromatic carbocycles. The van der Waals surface area contributed by atoms with Crippen molar-refractivity contribution < 1.29 is 24.2 Å². The molecule has 236 valence electrons. The minimum Gasteiger partial charge on any atom is -0.449 e. The van der Waals surface area contributed by atoms with Crippen molar-refractivity contribution in [1.29, 1.82) is 0 Å². The summed E-state index contributed by atoms with van der Waals surface area (Å²) in [5.74, 6) is -0.788. The van der Waals surface area contributed by atoms with Gasteiger partial charge >= 0.3 is 6.09 Å². The third-order valence-corrected chi connectivity index (χ3v) is 8.51. The van der Waals surface area contributed by atoms with E-state index in [0.717, 1.165) is 31.2 Å². The monoisotopic (exact) mass is 595 g/mol. The van der Waals surface area contributed by atoms with Crippen molar-refractivity contribution in [1.82, 2.24) is 20.6 Å². The molecule has 1 heterocycles. The predicted octanol–water partition coefficient (Wildman–Crippen LogP) is 4.06. The molecular weight excluding hydrogens is 546 g/mol. The molecule has 3 amide bonds. The van der Waals surface area contributed by atoms with Crippen LogP contribution in [-0.4, -0.2) is 57.8 Å². The predicted molar refractivity (Wildman–Crippen MR) is 166 cm³/mol. The third-order valence-electron chi connectivity index (χ3n) is 8.51. The highest BCUT2D eigenvalue weighted by molar-refractivity contribution is 5.89. The van der Waals surface area contributed by atoms with Crippen LogP contribution in [0, 0.1) is 23.7 Å². The van der Waals surface area contributed by atoms with Crippen LogP contribution in [0.1, 0.15) is 70.1 Å². The molecule has 10 heteroatoms. The number of rotatable bonds is 17. The Morgan fingerprint density at radius 3 is 2.44 bits per heavy atom. The van der Waals surface area contributed by atoms with Crippen molar-refractivity contribution in [2.45, 2.75) is 89.8 Å². The zero-order valence-corrected chi connectivity index (χ0v) is 25.5. The molecule has 43 heavy (non-hydrogen) atoms. The maximum Gasteiger partial charge on any atom is 0.404 e. The lowest BCUT2D eigenvalue weighted by Crippen LogP contribution is -2.55. The largest absolute Gasteiger partial charge is 0.449 e. The topological polar surface area (TPSA) is 159 Å². The number of benzene rings is 1. The Morgan fingerprint density at radius 1 is 1.12 bits per heavy atom. The van der Waals surface area contributed by atoms with Crippen LogP contribution in [0.25, 0.3) is 0 Å². The van der Waals surface area contributed by atoms with Crippen LogP contribution in [0.5, 0.6) is 0 Å². The molecule has 0 bridgehead atoms. The lowest BCUT2D eigenvalue weighted by atomic mass is 9.81. The number of H-pyrrole nitrogens is 1. The number of carbonyl (C=O) groups is 3. The minimum absolute atomic E-state index is 0.102. The molecule has 10 nitrogen and oxygen atoms in total. The lowest BCUT2D eigenvalue weighted by molar-refractivity contribution is -0.132. The molecule has 3 rings (SSSR count). The molecule has 1 aliphatic rings. The summed E-state index contributed by atoms with van der Waals surface area (Å²) < 4.78 is 5.01. The standard InChI is InChI=1S/C33H49N5O5/c1-4-25(22(2)3)17-30(39)28(16-24-13-9-6-10-14-24)37-32(41)29(18-27-19-35-21-36-27)38-31(40)26(20-43-33(34)42)15-23-11-7-5-8-12-23/h4-5,7-8,11-12,19,21-22,24-26,28-30,39H,1,6,9-10,13-18,20H2,2-3H3,(H2,34,42)(H,35,36)(H,37,41)(H,38,40)/t25-,26-,28-,29-,30+/m0/s1. The number of carbonyl (C=O) groups excluding carboxylic acids is 3. The van der Waals surface area contributed by atoms with Crippen molar-refractivity contribution in [2.24, 2.45) is 29.4 Å². The van der Waals surface area contributed by atoms with Crippen LogP contribution in [0.3, 0.4) is 0 Å². The molecule has 6 N–H and O–H groups in total. The Morgan fingerprint density at radius 2 is 1.84 bits per heavy atom. The first-order valence-corrected chi connectivity index (χ1v) is 15.5. The third kappa shape index (κ3) is 11.5. The number of hydrogen-bond acceptors (Lipinski definition) is 6. The van der Waals surface area contributed by atoms with Gasteiger partial charge in [-0.25, -0.2) is 9.78 Å². The van der Waals surface area contributed by atoms with Crippen LogP contribution in [0.15, 0.2) is 55.5 Å². The fourth-order valence-corrected chi connectivity index (χ4v) is 5.88. The Bertz CT molecular complexity index is 1130. The minimum atomic E-state index is -0.976. The first kappa shape index (κ1) is 33.8. The van der Waals surface area contributed by atoms with Gasteiger partial charge in [0.25, 0.3) is 0 Å². The van der Waals surface area contributed by atoms with Crippen LogP contribution in [0.4, 0.5) is 4.79 Å². The number of amides is 3. The van der Waals surface area contributed by atoms with E-state index in [0.29, 0.717) is 36.8 Å². The fraction of sp³-hybridized carbons (Fsp3) is 0.576. The number of imidazole rings is 1. The first-order valence-electron chi connectivity index (χ1n) is 15.5. The second kappa shape index (κ2) is 17.5. The molecule has 0 saturated heterocycles. The molecule has 0 aliphatic heterocycles. The lowest BCUT2D eigenvalue weighted by Gasteiger charge is -2.33. The summed E-state index contributed by atoms with van der Waals surface area (Å²) in [7, 11) is 0. The van der Waals surface area contributed by atoms with Gasteiger partial charge in [0.05, 0.1) is 24.4 Å². The second-order valence-electron chi connectivity index (χ2n) is 12.2. The van der Waals surface area contributed by atoms with Gasteiger partial charge in [-0.3, -0.25) is 9.59 Å². The number of nitrogens with two attached hydrogens (primary N) is 1. The summed E-state index contributed by atoms with van der Waals surface area (Å²) >= 11 is 0. The van der Waals surface area contributed by atoms with Gasteiger partial charge in [-0.1, -0.05) is 82.4 Å². The quantitative estimate of drug-likeness (QED) is 0.174. The number of aliphatic hydroxyl groups excluding tert-OH is 1. The summed E-state index contributed by atoms with van der Waals surface area (Å²) in [6.07, 6.45) is 10.5. The van der Waals surface area contributed by atoms with Crippen LogP contribution < -0.4 is 16.4 Å². The van der Waals surface area contributed by atoms with Gasteiger partial charge in [-0.05, 0) is 42.6 Å². The van der Waals surface area contributed by atoms with E-state index >= 15 is 0 Å². The van der Waals surface area contributed by atoms with E-state index in [2.05, 4.69) is 41.0 Å². The van der Waals surface area contributed by atoms with Gasteiger partial charge in [0.1, 0.15) is 12.6 Å². The molecule has 0 unspecified atom stereocenters. The summed E-state index contributed by atoms with van der Waals surface area (Å²) in [5.41, 5.74) is 6.75. The highest BCUT2D eigenvalue weighted by Gasteiger charge is 2.32. The van der Waals surface area contributed by atoms with E-state index in [4.69, 9.17) is 10.5 Å². The fourth-order valence-electron chi connectivity index (χ4n) is 5.88. The Labute approximate surface area is 255 Å². The van der Waals surface area contributed by atoms with E-state index in [1.807, 2.05) is 36.4 Å². The van der Waals surface area contributed by atoms with Crippen molar-refractivity contribution in [3.05, 3.63) is 66.8 Å². The van der Waals surface area contributed by atoms with Gasteiger partial charge < -0.3 is 31.2 Å². The number of nitrogens with zero attached hydrogens (tertiary/aromatic N) is 1. The van der Waals surface area contributed by atoms with Crippen molar-refractivity contribution in [3.63, 3.8) is 0 Å². The number of hydrogen-bond donors (Lipinski definition) is 5. The number of primary amides is 1. The van der Waals surface area contributed by atoms with Crippen molar-refractivity contribution in [2.75, 3.05) is 6.61 Å². The number of nitrogens with one attached hydrogen (secondary N) is 3. The average molecular weight is 596 g/mol. The normalized spacial score (nSPS) is 17.3. The molecule has 1 saturated carbocycles.